The van der Waals surface area contributed by atoms with Crippen molar-refractivity contribution in [3.63, 3.8) is 0 Å². The van der Waals surface area contributed by atoms with Gasteiger partial charge in [0.2, 0.25) is 0 Å². The molecule has 5 heteroatoms. The second kappa shape index (κ2) is 4.70. The summed E-state index contributed by atoms with van der Waals surface area (Å²) in [6, 6.07) is 2.02. The molecule has 1 unspecified atom stereocenters. The van der Waals surface area contributed by atoms with Gasteiger partial charge in [-0.05, 0) is 40.0 Å². The molecule has 1 aromatic rings. The van der Waals surface area contributed by atoms with Crippen LogP contribution in [0.25, 0.3) is 0 Å². The minimum Gasteiger partial charge on any atom is -0.481 e. The van der Waals surface area contributed by atoms with Gasteiger partial charge in [-0.2, -0.15) is 0 Å². The first-order valence-electron chi connectivity index (χ1n) is 4.28. The summed E-state index contributed by atoms with van der Waals surface area (Å²) in [6.07, 6.45) is -0.0302. The van der Waals surface area contributed by atoms with Crippen LogP contribution >= 0.6 is 15.9 Å². The van der Waals surface area contributed by atoms with Crippen molar-refractivity contribution in [2.24, 2.45) is 5.92 Å². The molecular weight excluding hydrogens is 270 g/mol. The largest absolute Gasteiger partial charge is 0.481 e. The lowest BCUT2D eigenvalue weighted by Gasteiger charge is -2.08. The maximum atomic E-state index is 13.4. The number of carbonyl (C=O) groups is 1. The first-order valence-corrected chi connectivity index (χ1v) is 5.07. The van der Waals surface area contributed by atoms with E-state index in [4.69, 9.17) is 5.11 Å². The highest BCUT2D eigenvalue weighted by Gasteiger charge is 2.16. The zero-order chi connectivity index (χ0) is 11.6. The average Bonchev–Trinajstić information content (AvgIpc) is 2.13. The van der Waals surface area contributed by atoms with Crippen LogP contribution in [0, 0.1) is 17.6 Å². The minimum absolute atomic E-state index is 0.00934. The van der Waals surface area contributed by atoms with Crippen molar-refractivity contribution in [2.45, 2.75) is 13.3 Å². The van der Waals surface area contributed by atoms with Crippen molar-refractivity contribution in [3.05, 3.63) is 33.8 Å². The molecular formula is C10H9BrF2O2. The summed E-state index contributed by atoms with van der Waals surface area (Å²) in [6.45, 7) is 1.45. The summed E-state index contributed by atoms with van der Waals surface area (Å²) in [4.78, 5) is 10.6. The van der Waals surface area contributed by atoms with Crippen LogP contribution in [-0.4, -0.2) is 11.1 Å². The molecule has 2 nitrogen and oxygen atoms in total. The highest BCUT2D eigenvalue weighted by molar-refractivity contribution is 9.10. The Labute approximate surface area is 94.0 Å². The van der Waals surface area contributed by atoms with Crippen molar-refractivity contribution in [3.8, 4) is 0 Å². The van der Waals surface area contributed by atoms with Crippen molar-refractivity contribution in [1.82, 2.24) is 0 Å². The number of halogens is 3. The van der Waals surface area contributed by atoms with Crippen LogP contribution < -0.4 is 0 Å². The molecule has 0 bridgehead atoms. The number of hydrogen-bond acceptors (Lipinski definition) is 1. The normalized spacial score (nSPS) is 12.5. The van der Waals surface area contributed by atoms with Crippen LogP contribution in [0.5, 0.6) is 0 Å². The van der Waals surface area contributed by atoms with Gasteiger partial charge in [0.25, 0.3) is 0 Å². The summed E-state index contributed by atoms with van der Waals surface area (Å²) in [5.41, 5.74) is 0.0665. The van der Waals surface area contributed by atoms with Crippen molar-refractivity contribution in [2.75, 3.05) is 0 Å². The van der Waals surface area contributed by atoms with E-state index in [0.717, 1.165) is 12.1 Å². The van der Waals surface area contributed by atoms with Crippen LogP contribution in [0.2, 0.25) is 0 Å². The predicted octanol–water partition coefficient (Wildman–Crippen LogP) is 2.99. The zero-order valence-corrected chi connectivity index (χ0v) is 9.51. The van der Waals surface area contributed by atoms with E-state index in [0.29, 0.717) is 0 Å². The maximum absolute atomic E-state index is 13.4. The number of carboxylic acid groups (broad SMARTS) is 1. The predicted molar refractivity (Wildman–Crippen MR) is 54.6 cm³/mol. The molecule has 0 saturated carbocycles. The summed E-state index contributed by atoms with van der Waals surface area (Å²) in [5, 5.41) is 8.64. The van der Waals surface area contributed by atoms with Gasteiger partial charge >= 0.3 is 5.97 Å². The van der Waals surface area contributed by atoms with E-state index in [1.54, 1.807) is 0 Å². The van der Waals surface area contributed by atoms with E-state index in [1.165, 1.54) is 6.92 Å². The van der Waals surface area contributed by atoms with Gasteiger partial charge in [0.05, 0.1) is 10.4 Å². The van der Waals surface area contributed by atoms with E-state index in [9.17, 15) is 13.6 Å². The fourth-order valence-corrected chi connectivity index (χ4v) is 1.65. The Morgan fingerprint density at radius 3 is 2.67 bits per heavy atom. The molecule has 15 heavy (non-hydrogen) atoms. The van der Waals surface area contributed by atoms with Crippen LogP contribution in [-0.2, 0) is 11.2 Å². The third-order valence-electron chi connectivity index (χ3n) is 2.02. The van der Waals surface area contributed by atoms with Gasteiger partial charge in [-0.1, -0.05) is 6.92 Å². The van der Waals surface area contributed by atoms with Crippen LogP contribution in [0.4, 0.5) is 8.78 Å². The topological polar surface area (TPSA) is 37.3 Å². The minimum atomic E-state index is -1.03. The molecule has 1 N–H and O–H groups in total. The highest BCUT2D eigenvalue weighted by Crippen LogP contribution is 2.23. The molecule has 0 aliphatic carbocycles. The Morgan fingerprint density at radius 1 is 1.53 bits per heavy atom. The number of carboxylic acids is 1. The maximum Gasteiger partial charge on any atom is 0.306 e. The lowest BCUT2D eigenvalue weighted by atomic mass is 10.0. The van der Waals surface area contributed by atoms with Gasteiger partial charge in [0, 0.05) is 0 Å². The summed E-state index contributed by atoms with van der Waals surface area (Å²) in [5.74, 6) is -2.97. The molecule has 82 valence electrons. The average molecular weight is 279 g/mol. The Bertz CT molecular complexity index is 393. The van der Waals surface area contributed by atoms with Gasteiger partial charge in [-0.3, -0.25) is 4.79 Å². The number of benzene rings is 1. The quantitative estimate of drug-likeness (QED) is 0.863. The second-order valence-electron chi connectivity index (χ2n) is 3.30. The monoisotopic (exact) mass is 278 g/mol. The van der Waals surface area contributed by atoms with E-state index in [-0.39, 0.29) is 16.5 Å². The molecule has 0 radical (unpaired) electrons. The van der Waals surface area contributed by atoms with Crippen molar-refractivity contribution < 1.29 is 18.7 Å². The molecule has 0 aliphatic heterocycles. The molecule has 1 aromatic carbocycles. The third kappa shape index (κ3) is 2.99. The van der Waals surface area contributed by atoms with Crippen LogP contribution in [0.1, 0.15) is 12.5 Å². The van der Waals surface area contributed by atoms with Gasteiger partial charge in [0.1, 0.15) is 11.6 Å². The first-order chi connectivity index (χ1) is 6.91. The standard InChI is InChI=1S/C10H9BrF2O2/c1-5(10(14)15)2-6-3-7(12)4-8(11)9(6)13/h3-5H,2H2,1H3,(H,14,15). The van der Waals surface area contributed by atoms with Crippen LogP contribution in [0.15, 0.2) is 16.6 Å². The number of rotatable bonds is 3. The number of aliphatic carboxylic acids is 1. The smallest absolute Gasteiger partial charge is 0.306 e. The van der Waals surface area contributed by atoms with Gasteiger partial charge in [0.15, 0.2) is 0 Å². The Morgan fingerprint density at radius 2 is 2.13 bits per heavy atom. The first kappa shape index (κ1) is 12.1. The highest BCUT2D eigenvalue weighted by atomic mass is 79.9. The molecule has 0 heterocycles. The Balaban J connectivity index is 2.99. The summed E-state index contributed by atoms with van der Waals surface area (Å²) >= 11 is 2.86. The lowest BCUT2D eigenvalue weighted by Crippen LogP contribution is -2.13. The van der Waals surface area contributed by atoms with Gasteiger partial charge < -0.3 is 5.11 Å². The summed E-state index contributed by atoms with van der Waals surface area (Å²) in [7, 11) is 0. The molecule has 1 rings (SSSR count). The molecule has 0 saturated heterocycles. The fourth-order valence-electron chi connectivity index (χ4n) is 1.17. The van der Waals surface area contributed by atoms with Crippen molar-refractivity contribution in [1.29, 1.82) is 0 Å². The third-order valence-corrected chi connectivity index (χ3v) is 2.59. The Kier molecular flexibility index (Phi) is 3.79. The SMILES string of the molecule is CC(Cc1cc(F)cc(Br)c1F)C(=O)O. The van der Waals surface area contributed by atoms with E-state index < -0.39 is 23.5 Å². The molecule has 0 aliphatic rings. The van der Waals surface area contributed by atoms with E-state index >= 15 is 0 Å². The van der Waals surface area contributed by atoms with Crippen molar-refractivity contribution >= 4 is 21.9 Å². The zero-order valence-electron chi connectivity index (χ0n) is 7.93. The number of hydrogen-bond donors (Lipinski definition) is 1. The lowest BCUT2D eigenvalue weighted by molar-refractivity contribution is -0.141. The fraction of sp³-hybridized carbons (Fsp3) is 0.300. The second-order valence-corrected chi connectivity index (χ2v) is 4.16. The van der Waals surface area contributed by atoms with E-state index in [1.807, 2.05) is 0 Å². The molecule has 0 fully saturated rings. The molecule has 0 aromatic heterocycles. The molecule has 0 amide bonds. The van der Waals surface area contributed by atoms with Gasteiger partial charge in [-0.25, -0.2) is 8.78 Å². The molecule has 1 atom stereocenters. The Hall–Kier alpha value is -0.970. The van der Waals surface area contributed by atoms with E-state index in [2.05, 4.69) is 15.9 Å². The molecule has 0 spiro atoms. The van der Waals surface area contributed by atoms with Crippen LogP contribution in [0.3, 0.4) is 0 Å². The van der Waals surface area contributed by atoms with Gasteiger partial charge in [-0.15, -0.1) is 0 Å². The summed E-state index contributed by atoms with van der Waals surface area (Å²) < 4.78 is 26.3.